The number of methoxy groups -OCH3 is 1. The molecule has 2 unspecified atom stereocenters. The van der Waals surface area contributed by atoms with Gasteiger partial charge in [-0.2, -0.15) is 0 Å². The van der Waals surface area contributed by atoms with E-state index >= 15 is 0 Å². The molecule has 29 heavy (non-hydrogen) atoms. The Kier molecular flexibility index (Phi) is 6.46. The summed E-state index contributed by atoms with van der Waals surface area (Å²) in [5, 5.41) is 0. The number of hydrogen-bond acceptors (Lipinski definition) is 6. The minimum Gasteiger partial charge on any atom is -0.469 e. The summed E-state index contributed by atoms with van der Waals surface area (Å²) in [6.45, 7) is 7.77. The van der Waals surface area contributed by atoms with Crippen LogP contribution in [0.1, 0.15) is 63.3 Å². The molecule has 2 fully saturated rings. The van der Waals surface area contributed by atoms with Crippen molar-refractivity contribution in [3.05, 3.63) is 29.6 Å². The highest BCUT2D eigenvalue weighted by Crippen LogP contribution is 2.35. The highest BCUT2D eigenvalue weighted by atomic mass is 16.6. The maximum Gasteiger partial charge on any atom is 0.410 e. The third kappa shape index (κ3) is 5.26. The number of carbonyl (C=O) groups excluding carboxylic acids is 2. The van der Waals surface area contributed by atoms with Gasteiger partial charge in [0, 0.05) is 25.8 Å². The molecular weight excluding hydrogens is 370 g/mol. The first-order valence-electron chi connectivity index (χ1n) is 10.4. The molecule has 0 N–H and O–H groups in total. The second kappa shape index (κ2) is 8.69. The molecule has 0 aromatic carbocycles. The number of amides is 1. The first kappa shape index (κ1) is 21.6. The van der Waals surface area contributed by atoms with E-state index in [4.69, 9.17) is 14.5 Å². The average molecular weight is 404 g/mol. The van der Waals surface area contributed by atoms with E-state index in [0.717, 1.165) is 25.0 Å². The lowest BCUT2D eigenvalue weighted by molar-refractivity contribution is -0.144. The number of ether oxygens (including phenoxy) is 2. The van der Waals surface area contributed by atoms with Crippen molar-refractivity contribution in [2.75, 3.05) is 33.8 Å². The van der Waals surface area contributed by atoms with Crippen molar-refractivity contribution < 1.29 is 19.1 Å². The van der Waals surface area contributed by atoms with Gasteiger partial charge >= 0.3 is 12.1 Å². The quantitative estimate of drug-likeness (QED) is 0.721. The van der Waals surface area contributed by atoms with Crippen LogP contribution < -0.4 is 0 Å². The molecule has 0 bridgehead atoms. The SMILES string of the molecule is COC(=O)C1CC(c2ccc(C3CCN(C(=O)OC(C)(C)C)CC3)cn2)N(C)C1. The lowest BCUT2D eigenvalue weighted by Gasteiger charge is -2.33. The second-order valence-electron chi connectivity index (χ2n) is 9.17. The molecule has 1 aromatic heterocycles. The lowest BCUT2D eigenvalue weighted by atomic mass is 9.90. The van der Waals surface area contributed by atoms with Crippen molar-refractivity contribution in [3.8, 4) is 0 Å². The summed E-state index contributed by atoms with van der Waals surface area (Å²) < 4.78 is 10.4. The molecule has 7 heteroatoms. The summed E-state index contributed by atoms with van der Waals surface area (Å²) in [6, 6.07) is 4.37. The summed E-state index contributed by atoms with van der Waals surface area (Å²) in [6.07, 6.45) is 4.29. The van der Waals surface area contributed by atoms with Gasteiger partial charge in [-0.25, -0.2) is 4.79 Å². The summed E-state index contributed by atoms with van der Waals surface area (Å²) in [4.78, 5) is 32.7. The van der Waals surface area contributed by atoms with Gasteiger partial charge in [0.25, 0.3) is 0 Å². The summed E-state index contributed by atoms with van der Waals surface area (Å²) in [5.74, 6) is 0.167. The molecule has 1 amide bonds. The van der Waals surface area contributed by atoms with Gasteiger partial charge in [-0.1, -0.05) is 6.07 Å². The smallest absolute Gasteiger partial charge is 0.410 e. The van der Waals surface area contributed by atoms with E-state index in [1.54, 1.807) is 4.90 Å². The molecule has 1 aromatic rings. The van der Waals surface area contributed by atoms with Crippen molar-refractivity contribution in [3.63, 3.8) is 0 Å². The zero-order valence-corrected chi connectivity index (χ0v) is 18.2. The van der Waals surface area contributed by atoms with Gasteiger partial charge in [0.05, 0.1) is 24.8 Å². The Balaban J connectivity index is 1.56. The number of piperidine rings is 1. The van der Waals surface area contributed by atoms with Crippen molar-refractivity contribution in [1.82, 2.24) is 14.8 Å². The van der Waals surface area contributed by atoms with Gasteiger partial charge in [0.2, 0.25) is 0 Å². The molecule has 0 saturated carbocycles. The van der Waals surface area contributed by atoms with E-state index in [0.29, 0.717) is 25.6 Å². The molecule has 2 aliphatic rings. The van der Waals surface area contributed by atoms with Crippen LogP contribution in [0.25, 0.3) is 0 Å². The standard InChI is InChI=1S/C22H33N3O4/c1-22(2,3)29-21(27)25-10-8-15(9-11-25)16-6-7-18(23-13-16)19-12-17(14-24(19)4)20(26)28-5/h6-7,13,15,17,19H,8-12,14H2,1-5H3. The fourth-order valence-corrected chi connectivity index (χ4v) is 4.26. The Morgan fingerprint density at radius 1 is 1.17 bits per heavy atom. The number of aromatic nitrogens is 1. The molecule has 2 aliphatic heterocycles. The summed E-state index contributed by atoms with van der Waals surface area (Å²) >= 11 is 0. The van der Waals surface area contributed by atoms with Crippen LogP contribution in [-0.4, -0.2) is 66.2 Å². The van der Waals surface area contributed by atoms with Crippen LogP contribution in [0.15, 0.2) is 18.3 Å². The Morgan fingerprint density at radius 2 is 1.86 bits per heavy atom. The fourth-order valence-electron chi connectivity index (χ4n) is 4.26. The van der Waals surface area contributed by atoms with E-state index < -0.39 is 5.60 Å². The number of rotatable bonds is 3. The third-order valence-corrected chi connectivity index (χ3v) is 5.85. The van der Waals surface area contributed by atoms with Crippen LogP contribution in [0.4, 0.5) is 4.79 Å². The Bertz CT molecular complexity index is 721. The number of pyridine rings is 1. The fraction of sp³-hybridized carbons (Fsp3) is 0.682. The molecule has 0 spiro atoms. The molecule has 2 atom stereocenters. The Morgan fingerprint density at radius 3 is 2.41 bits per heavy atom. The van der Waals surface area contributed by atoms with Crippen LogP contribution in [0.3, 0.4) is 0 Å². The van der Waals surface area contributed by atoms with Gasteiger partial charge in [0.15, 0.2) is 0 Å². The molecule has 0 aliphatic carbocycles. The van der Waals surface area contributed by atoms with Gasteiger partial charge in [-0.3, -0.25) is 14.7 Å². The van der Waals surface area contributed by atoms with E-state index in [-0.39, 0.29) is 24.0 Å². The number of likely N-dealkylation sites (tertiary alicyclic amines) is 2. The van der Waals surface area contributed by atoms with E-state index in [9.17, 15) is 9.59 Å². The number of esters is 1. The maximum absolute atomic E-state index is 12.2. The largest absolute Gasteiger partial charge is 0.469 e. The number of hydrogen-bond donors (Lipinski definition) is 0. The monoisotopic (exact) mass is 403 g/mol. The normalized spacial score (nSPS) is 23.8. The van der Waals surface area contributed by atoms with E-state index in [1.165, 1.54) is 12.7 Å². The zero-order chi connectivity index (χ0) is 21.2. The van der Waals surface area contributed by atoms with Crippen LogP contribution >= 0.6 is 0 Å². The topological polar surface area (TPSA) is 72.0 Å². The predicted molar refractivity (Wildman–Crippen MR) is 110 cm³/mol. The highest BCUT2D eigenvalue weighted by Gasteiger charge is 2.36. The minimum atomic E-state index is -0.464. The van der Waals surface area contributed by atoms with E-state index in [2.05, 4.69) is 17.0 Å². The first-order valence-corrected chi connectivity index (χ1v) is 10.4. The van der Waals surface area contributed by atoms with Crippen LogP contribution in [0.5, 0.6) is 0 Å². The van der Waals surface area contributed by atoms with Gasteiger partial charge < -0.3 is 14.4 Å². The van der Waals surface area contributed by atoms with Gasteiger partial charge in [-0.15, -0.1) is 0 Å². The van der Waals surface area contributed by atoms with Crippen molar-refractivity contribution in [2.24, 2.45) is 5.92 Å². The first-order chi connectivity index (χ1) is 13.7. The summed E-state index contributed by atoms with van der Waals surface area (Å²) in [7, 11) is 3.46. The van der Waals surface area contributed by atoms with Gasteiger partial charge in [-0.05, 0) is 64.6 Å². The molecule has 3 heterocycles. The molecule has 3 rings (SSSR count). The molecule has 2 saturated heterocycles. The molecule has 7 nitrogen and oxygen atoms in total. The van der Waals surface area contributed by atoms with Crippen molar-refractivity contribution in [2.45, 2.75) is 57.6 Å². The number of nitrogens with zero attached hydrogens (tertiary/aromatic N) is 3. The lowest BCUT2D eigenvalue weighted by Crippen LogP contribution is -2.41. The highest BCUT2D eigenvalue weighted by molar-refractivity contribution is 5.73. The molecule has 160 valence electrons. The van der Waals surface area contributed by atoms with Crippen molar-refractivity contribution >= 4 is 12.1 Å². The van der Waals surface area contributed by atoms with Crippen molar-refractivity contribution in [1.29, 1.82) is 0 Å². The third-order valence-electron chi connectivity index (χ3n) is 5.85. The number of carbonyl (C=O) groups is 2. The van der Waals surface area contributed by atoms with Crippen LogP contribution in [0.2, 0.25) is 0 Å². The minimum absolute atomic E-state index is 0.0892. The van der Waals surface area contributed by atoms with Crippen LogP contribution in [-0.2, 0) is 14.3 Å². The second-order valence-corrected chi connectivity index (χ2v) is 9.17. The van der Waals surface area contributed by atoms with Crippen LogP contribution in [0, 0.1) is 5.92 Å². The summed E-state index contributed by atoms with van der Waals surface area (Å²) in [5.41, 5.74) is 1.74. The average Bonchev–Trinajstić information content (AvgIpc) is 3.08. The maximum atomic E-state index is 12.2. The predicted octanol–water partition coefficient (Wildman–Crippen LogP) is 3.36. The van der Waals surface area contributed by atoms with Gasteiger partial charge in [0.1, 0.15) is 5.60 Å². The molecule has 0 radical (unpaired) electrons. The Hall–Kier alpha value is -2.15. The molecular formula is C22H33N3O4. The van der Waals surface area contributed by atoms with E-state index in [1.807, 2.05) is 34.0 Å². The Labute approximate surface area is 173 Å². The zero-order valence-electron chi connectivity index (χ0n) is 18.2.